The van der Waals surface area contributed by atoms with Crippen molar-refractivity contribution in [1.29, 1.82) is 0 Å². The van der Waals surface area contributed by atoms with Crippen LogP contribution in [0.5, 0.6) is 0 Å². The third kappa shape index (κ3) is 4.40. The molecule has 0 aromatic heterocycles. The SMILES string of the molecule is O=C(Nc1ccc(F)c(S(=O)(=O)N2CCOCC2)c1)C1(c2cccc(F)c2)CCOCC1. The van der Waals surface area contributed by atoms with Gasteiger partial charge in [-0.05, 0) is 48.7 Å². The zero-order valence-electron chi connectivity index (χ0n) is 17.4. The zero-order chi connectivity index (χ0) is 22.8. The van der Waals surface area contributed by atoms with Crippen molar-refractivity contribution in [3.05, 3.63) is 59.7 Å². The van der Waals surface area contributed by atoms with Crippen molar-refractivity contribution in [2.45, 2.75) is 23.2 Å². The number of halogens is 2. The lowest BCUT2D eigenvalue weighted by molar-refractivity contribution is -0.125. The van der Waals surface area contributed by atoms with Crippen molar-refractivity contribution in [2.24, 2.45) is 0 Å². The van der Waals surface area contributed by atoms with Crippen molar-refractivity contribution < 1.29 is 31.5 Å². The quantitative estimate of drug-likeness (QED) is 0.733. The minimum absolute atomic E-state index is 0.126. The van der Waals surface area contributed by atoms with Crippen LogP contribution in [0.3, 0.4) is 0 Å². The summed E-state index contributed by atoms with van der Waals surface area (Å²) in [5, 5.41) is 2.72. The van der Waals surface area contributed by atoms with Crippen LogP contribution in [-0.2, 0) is 29.7 Å². The Hall–Kier alpha value is -2.40. The molecule has 0 unspecified atom stereocenters. The fourth-order valence-electron chi connectivity index (χ4n) is 4.11. The summed E-state index contributed by atoms with van der Waals surface area (Å²) >= 11 is 0. The van der Waals surface area contributed by atoms with Gasteiger partial charge in [0.1, 0.15) is 16.5 Å². The van der Waals surface area contributed by atoms with Gasteiger partial charge in [-0.1, -0.05) is 12.1 Å². The van der Waals surface area contributed by atoms with E-state index in [4.69, 9.17) is 9.47 Å². The smallest absolute Gasteiger partial charge is 0.246 e. The van der Waals surface area contributed by atoms with E-state index >= 15 is 0 Å². The predicted octanol–water partition coefficient (Wildman–Crippen LogP) is 2.67. The van der Waals surface area contributed by atoms with Gasteiger partial charge < -0.3 is 14.8 Å². The third-order valence-electron chi connectivity index (χ3n) is 5.94. The van der Waals surface area contributed by atoms with E-state index in [1.807, 2.05) is 0 Å². The van der Waals surface area contributed by atoms with Crippen molar-refractivity contribution >= 4 is 21.6 Å². The maximum absolute atomic E-state index is 14.5. The highest BCUT2D eigenvalue weighted by molar-refractivity contribution is 7.89. The largest absolute Gasteiger partial charge is 0.381 e. The van der Waals surface area contributed by atoms with Crippen molar-refractivity contribution in [3.63, 3.8) is 0 Å². The highest BCUT2D eigenvalue weighted by Gasteiger charge is 2.42. The highest BCUT2D eigenvalue weighted by atomic mass is 32.2. The molecule has 0 aliphatic carbocycles. The Balaban J connectivity index is 1.64. The van der Waals surface area contributed by atoms with Crippen LogP contribution < -0.4 is 5.32 Å². The molecule has 1 amide bonds. The van der Waals surface area contributed by atoms with E-state index in [0.29, 0.717) is 31.6 Å². The van der Waals surface area contributed by atoms with Crippen LogP contribution in [0.25, 0.3) is 0 Å². The first-order valence-electron chi connectivity index (χ1n) is 10.4. The van der Waals surface area contributed by atoms with Crippen LogP contribution >= 0.6 is 0 Å². The van der Waals surface area contributed by atoms with Crippen molar-refractivity contribution in [3.8, 4) is 0 Å². The van der Waals surface area contributed by atoms with E-state index < -0.39 is 37.9 Å². The molecule has 0 bridgehead atoms. The normalized spacial score (nSPS) is 19.4. The summed E-state index contributed by atoms with van der Waals surface area (Å²) in [5.74, 6) is -1.78. The predicted molar refractivity (Wildman–Crippen MR) is 113 cm³/mol. The third-order valence-corrected chi connectivity index (χ3v) is 7.85. The van der Waals surface area contributed by atoms with E-state index in [1.165, 1.54) is 18.2 Å². The lowest BCUT2D eigenvalue weighted by Gasteiger charge is -2.36. The zero-order valence-corrected chi connectivity index (χ0v) is 18.2. The second kappa shape index (κ2) is 9.22. The molecule has 2 aliphatic heterocycles. The fourth-order valence-corrected chi connectivity index (χ4v) is 5.61. The molecule has 1 N–H and O–H groups in total. The molecule has 0 atom stereocenters. The van der Waals surface area contributed by atoms with Gasteiger partial charge in [-0.3, -0.25) is 4.79 Å². The van der Waals surface area contributed by atoms with Crippen molar-refractivity contribution in [1.82, 2.24) is 4.31 Å². The molecule has 4 rings (SSSR count). The van der Waals surface area contributed by atoms with Gasteiger partial charge in [0.05, 0.1) is 18.6 Å². The minimum atomic E-state index is -4.09. The number of sulfonamides is 1. The summed E-state index contributed by atoms with van der Waals surface area (Å²) < 4.78 is 66.0. The van der Waals surface area contributed by atoms with Gasteiger partial charge >= 0.3 is 0 Å². The molecular weight excluding hydrogens is 442 g/mol. The van der Waals surface area contributed by atoms with Gasteiger partial charge in [0.15, 0.2) is 0 Å². The van der Waals surface area contributed by atoms with Crippen LogP contribution in [0, 0.1) is 11.6 Å². The molecular formula is C22H24F2N2O5S. The topological polar surface area (TPSA) is 84.9 Å². The highest BCUT2D eigenvalue weighted by Crippen LogP contribution is 2.37. The fraction of sp³-hybridized carbons (Fsp3) is 0.409. The lowest BCUT2D eigenvalue weighted by Crippen LogP contribution is -2.45. The number of rotatable bonds is 5. The molecule has 172 valence electrons. The summed E-state index contributed by atoms with van der Waals surface area (Å²) in [5.41, 5.74) is -0.384. The average molecular weight is 467 g/mol. The number of benzene rings is 2. The number of carbonyl (C=O) groups is 1. The van der Waals surface area contributed by atoms with Gasteiger partial charge in [-0.25, -0.2) is 17.2 Å². The first kappa shape index (κ1) is 22.8. The molecule has 10 heteroatoms. The van der Waals surface area contributed by atoms with Crippen LogP contribution in [0.15, 0.2) is 47.4 Å². The average Bonchev–Trinajstić information content (AvgIpc) is 2.81. The van der Waals surface area contributed by atoms with Crippen LogP contribution in [-0.4, -0.2) is 58.1 Å². The summed E-state index contributed by atoms with van der Waals surface area (Å²) in [4.78, 5) is 12.9. The number of nitrogens with one attached hydrogen (secondary N) is 1. The standard InChI is InChI=1S/C22H24F2N2O5S/c23-17-3-1-2-16(14-17)22(6-10-30-11-7-22)21(27)25-18-4-5-19(24)20(15-18)32(28,29)26-8-12-31-13-9-26/h1-5,14-15H,6-13H2,(H,25,27). The molecule has 2 aromatic carbocycles. The number of hydrogen-bond acceptors (Lipinski definition) is 5. The van der Waals surface area contributed by atoms with Gasteiger partial charge in [-0.15, -0.1) is 0 Å². The van der Waals surface area contributed by atoms with E-state index in [0.717, 1.165) is 16.4 Å². The second-order valence-corrected chi connectivity index (χ2v) is 9.73. The number of anilines is 1. The number of carbonyl (C=O) groups excluding carboxylic acids is 1. The monoisotopic (exact) mass is 466 g/mol. The minimum Gasteiger partial charge on any atom is -0.381 e. The number of nitrogens with zero attached hydrogens (tertiary/aromatic N) is 1. The van der Waals surface area contributed by atoms with E-state index in [9.17, 15) is 22.0 Å². The number of hydrogen-bond donors (Lipinski definition) is 1. The molecule has 2 aliphatic rings. The van der Waals surface area contributed by atoms with E-state index in [-0.39, 0.29) is 32.0 Å². The van der Waals surface area contributed by atoms with Gasteiger partial charge in [0.2, 0.25) is 15.9 Å². The number of ether oxygens (including phenoxy) is 2. The van der Waals surface area contributed by atoms with Gasteiger partial charge in [0.25, 0.3) is 0 Å². The summed E-state index contributed by atoms with van der Waals surface area (Å²) in [6.45, 7) is 1.36. The van der Waals surface area contributed by atoms with E-state index in [1.54, 1.807) is 12.1 Å². The van der Waals surface area contributed by atoms with E-state index in [2.05, 4.69) is 5.32 Å². The molecule has 2 fully saturated rings. The van der Waals surface area contributed by atoms with Crippen LogP contribution in [0.1, 0.15) is 18.4 Å². The first-order valence-corrected chi connectivity index (χ1v) is 11.8. The van der Waals surface area contributed by atoms with Gasteiger partial charge in [0, 0.05) is 32.0 Å². The van der Waals surface area contributed by atoms with Gasteiger partial charge in [-0.2, -0.15) is 4.31 Å². The molecule has 7 nitrogen and oxygen atoms in total. The molecule has 2 aromatic rings. The second-order valence-electron chi connectivity index (χ2n) is 7.82. The molecule has 2 heterocycles. The van der Waals surface area contributed by atoms with Crippen molar-refractivity contribution in [2.75, 3.05) is 44.8 Å². The van der Waals surface area contributed by atoms with Crippen LogP contribution in [0.4, 0.5) is 14.5 Å². The Labute approximate surface area is 185 Å². The number of amides is 1. The Bertz CT molecular complexity index is 1100. The molecule has 0 radical (unpaired) electrons. The summed E-state index contributed by atoms with van der Waals surface area (Å²) in [6.07, 6.45) is 0.671. The number of morpholine rings is 1. The molecule has 0 saturated carbocycles. The Morgan fingerprint density at radius 3 is 2.34 bits per heavy atom. The molecule has 32 heavy (non-hydrogen) atoms. The maximum atomic E-state index is 14.5. The maximum Gasteiger partial charge on any atom is 0.246 e. The Kier molecular flexibility index (Phi) is 6.57. The molecule has 2 saturated heterocycles. The Morgan fingerprint density at radius 1 is 0.969 bits per heavy atom. The summed E-state index contributed by atoms with van der Waals surface area (Å²) in [6, 6.07) is 9.30. The first-order chi connectivity index (χ1) is 15.3. The summed E-state index contributed by atoms with van der Waals surface area (Å²) in [7, 11) is -4.09. The lowest BCUT2D eigenvalue weighted by atomic mass is 9.73. The molecule has 0 spiro atoms. The van der Waals surface area contributed by atoms with Crippen LogP contribution in [0.2, 0.25) is 0 Å². The Morgan fingerprint density at radius 2 is 1.66 bits per heavy atom.